The van der Waals surface area contributed by atoms with E-state index in [1.807, 2.05) is 20.8 Å². The maximum absolute atomic E-state index is 13.5. The lowest BCUT2D eigenvalue weighted by Crippen LogP contribution is -2.52. The van der Waals surface area contributed by atoms with Gasteiger partial charge in [-0.1, -0.05) is 29.8 Å². The van der Waals surface area contributed by atoms with Gasteiger partial charge in [0.15, 0.2) is 0 Å². The quantitative estimate of drug-likeness (QED) is 0.500. The van der Waals surface area contributed by atoms with Gasteiger partial charge in [0.1, 0.15) is 18.3 Å². The van der Waals surface area contributed by atoms with Crippen LogP contribution in [0.1, 0.15) is 33.3 Å². The maximum Gasteiger partial charge on any atom is 0.244 e. The summed E-state index contributed by atoms with van der Waals surface area (Å²) in [7, 11) is -3.80. The van der Waals surface area contributed by atoms with Crippen molar-refractivity contribution >= 4 is 39.1 Å². The van der Waals surface area contributed by atoms with Gasteiger partial charge in [-0.3, -0.25) is 13.9 Å². The number of carbonyl (C=O) groups is 2. The molecule has 0 aromatic heterocycles. The molecule has 0 spiro atoms. The first-order valence-electron chi connectivity index (χ1n) is 11.0. The number of halogens is 1. The van der Waals surface area contributed by atoms with Crippen molar-refractivity contribution in [2.24, 2.45) is 0 Å². The summed E-state index contributed by atoms with van der Waals surface area (Å²) >= 11 is 6.30. The van der Waals surface area contributed by atoms with E-state index in [1.165, 1.54) is 4.90 Å². The number of anilines is 1. The number of hydrogen-bond acceptors (Lipinski definition) is 5. The van der Waals surface area contributed by atoms with Gasteiger partial charge in [-0.25, -0.2) is 8.42 Å². The van der Waals surface area contributed by atoms with Crippen LogP contribution < -0.4 is 14.4 Å². The van der Waals surface area contributed by atoms with Gasteiger partial charge >= 0.3 is 0 Å². The smallest absolute Gasteiger partial charge is 0.244 e. The number of ether oxygens (including phenoxy) is 1. The van der Waals surface area contributed by atoms with Crippen molar-refractivity contribution in [2.75, 3.05) is 23.7 Å². The van der Waals surface area contributed by atoms with E-state index in [9.17, 15) is 18.0 Å². The Morgan fingerprint density at radius 2 is 1.68 bits per heavy atom. The van der Waals surface area contributed by atoms with E-state index in [-0.39, 0.29) is 18.5 Å². The molecule has 2 rings (SSSR count). The largest absolute Gasteiger partial charge is 0.494 e. The molecule has 0 heterocycles. The highest BCUT2D eigenvalue weighted by Gasteiger charge is 2.30. The van der Waals surface area contributed by atoms with Crippen LogP contribution in [-0.4, -0.2) is 56.6 Å². The Morgan fingerprint density at radius 1 is 1.06 bits per heavy atom. The van der Waals surface area contributed by atoms with Crippen molar-refractivity contribution in [1.29, 1.82) is 0 Å². The van der Waals surface area contributed by atoms with Crippen molar-refractivity contribution in [3.05, 3.63) is 59.1 Å². The van der Waals surface area contributed by atoms with Crippen molar-refractivity contribution in [2.45, 2.75) is 46.3 Å². The number of amides is 2. The van der Waals surface area contributed by atoms with E-state index in [0.717, 1.165) is 10.6 Å². The van der Waals surface area contributed by atoms with E-state index >= 15 is 0 Å². The summed E-state index contributed by atoms with van der Waals surface area (Å²) in [6.45, 7) is 7.14. The highest BCUT2D eigenvalue weighted by molar-refractivity contribution is 7.92. The Balaban J connectivity index is 2.38. The first-order valence-corrected chi connectivity index (χ1v) is 13.2. The standard InChI is InChI=1S/C24H32ClN3O5S/c1-6-33-21-13-11-20(12-14-21)28(34(5,31)32)16-23(29)27(18(4)24(30)26-17(2)3)15-19-9-7-8-10-22(19)25/h7-14,17-18H,6,15-16H2,1-5H3,(H,26,30). The molecule has 2 aromatic rings. The lowest BCUT2D eigenvalue weighted by Gasteiger charge is -2.32. The first kappa shape index (κ1) is 27.5. The highest BCUT2D eigenvalue weighted by atomic mass is 35.5. The van der Waals surface area contributed by atoms with Crippen LogP contribution in [0.25, 0.3) is 0 Å². The maximum atomic E-state index is 13.5. The van der Waals surface area contributed by atoms with E-state index < -0.39 is 28.5 Å². The fourth-order valence-corrected chi connectivity index (χ4v) is 4.33. The molecule has 1 unspecified atom stereocenters. The molecule has 0 saturated carbocycles. The van der Waals surface area contributed by atoms with Gasteiger partial charge in [0.2, 0.25) is 21.8 Å². The van der Waals surface area contributed by atoms with Crippen molar-refractivity contribution in [1.82, 2.24) is 10.2 Å². The van der Waals surface area contributed by atoms with E-state index in [0.29, 0.717) is 28.6 Å². The third-order valence-electron chi connectivity index (χ3n) is 5.01. The predicted octanol–water partition coefficient (Wildman–Crippen LogP) is 3.45. The molecule has 34 heavy (non-hydrogen) atoms. The molecule has 0 aliphatic heterocycles. The van der Waals surface area contributed by atoms with E-state index in [2.05, 4.69) is 5.32 Å². The van der Waals surface area contributed by atoms with Gasteiger partial charge in [0, 0.05) is 17.6 Å². The Morgan fingerprint density at radius 3 is 2.21 bits per heavy atom. The summed E-state index contributed by atoms with van der Waals surface area (Å²) in [6, 6.07) is 12.5. The van der Waals surface area contributed by atoms with Crippen LogP contribution in [0.15, 0.2) is 48.5 Å². The number of sulfonamides is 1. The molecule has 0 radical (unpaired) electrons. The minimum Gasteiger partial charge on any atom is -0.494 e. The SMILES string of the molecule is CCOc1ccc(N(CC(=O)N(Cc2ccccc2Cl)C(C)C(=O)NC(C)C)S(C)(=O)=O)cc1. The summed E-state index contributed by atoms with van der Waals surface area (Å²) in [6.07, 6.45) is 1.03. The average molecular weight is 510 g/mol. The van der Waals surface area contributed by atoms with Crippen LogP contribution in [0.5, 0.6) is 5.75 Å². The Kier molecular flexibility index (Phi) is 9.76. The number of nitrogens with one attached hydrogen (secondary N) is 1. The number of nitrogens with zero attached hydrogens (tertiary/aromatic N) is 2. The Hall–Kier alpha value is -2.78. The lowest BCUT2D eigenvalue weighted by molar-refractivity contribution is -0.139. The van der Waals surface area contributed by atoms with E-state index in [1.54, 1.807) is 55.5 Å². The normalized spacial score (nSPS) is 12.2. The number of rotatable bonds is 11. The molecule has 8 nitrogen and oxygen atoms in total. The molecule has 0 fully saturated rings. The van der Waals surface area contributed by atoms with Gasteiger partial charge in [-0.15, -0.1) is 0 Å². The molecule has 0 aliphatic carbocycles. The van der Waals surface area contributed by atoms with Gasteiger partial charge in [-0.2, -0.15) is 0 Å². The zero-order valence-corrected chi connectivity index (χ0v) is 21.7. The third-order valence-corrected chi connectivity index (χ3v) is 6.52. The molecule has 1 N–H and O–H groups in total. The first-order chi connectivity index (χ1) is 15.9. The number of carbonyl (C=O) groups excluding carboxylic acids is 2. The Bertz CT molecular complexity index is 1090. The van der Waals surface area contributed by atoms with Crippen LogP contribution in [0, 0.1) is 0 Å². The Labute approximate surface area is 206 Å². The van der Waals surface area contributed by atoms with Crippen molar-refractivity contribution in [3.63, 3.8) is 0 Å². The molecule has 2 amide bonds. The summed E-state index contributed by atoms with van der Waals surface area (Å²) in [5, 5.41) is 3.25. The van der Waals surface area contributed by atoms with Gasteiger partial charge in [0.05, 0.1) is 18.6 Å². The van der Waals surface area contributed by atoms with Crippen LogP contribution in [0.3, 0.4) is 0 Å². The molecular weight excluding hydrogens is 478 g/mol. The molecule has 1 atom stereocenters. The van der Waals surface area contributed by atoms with Crippen LogP contribution in [-0.2, 0) is 26.2 Å². The summed E-state index contributed by atoms with van der Waals surface area (Å²) in [5.74, 6) is -0.293. The molecule has 0 bridgehead atoms. The van der Waals surface area contributed by atoms with Crippen molar-refractivity contribution < 1.29 is 22.7 Å². The number of hydrogen-bond donors (Lipinski definition) is 1. The summed E-state index contributed by atoms with van der Waals surface area (Å²) in [5.41, 5.74) is 0.963. The number of benzene rings is 2. The summed E-state index contributed by atoms with van der Waals surface area (Å²) < 4.78 is 31.6. The van der Waals surface area contributed by atoms with Crippen molar-refractivity contribution in [3.8, 4) is 5.75 Å². The molecule has 0 aliphatic rings. The molecule has 186 valence electrons. The molecule has 10 heteroatoms. The molecular formula is C24H32ClN3O5S. The van der Waals surface area contributed by atoms with Crippen LogP contribution in [0.4, 0.5) is 5.69 Å². The average Bonchev–Trinajstić information content (AvgIpc) is 2.76. The van der Waals surface area contributed by atoms with Gasteiger partial charge in [-0.05, 0) is 63.6 Å². The van der Waals surface area contributed by atoms with Crippen LogP contribution in [0.2, 0.25) is 5.02 Å². The second kappa shape index (κ2) is 12.1. The zero-order valence-electron chi connectivity index (χ0n) is 20.1. The fraction of sp³-hybridized carbons (Fsp3) is 0.417. The topological polar surface area (TPSA) is 96.0 Å². The zero-order chi connectivity index (χ0) is 25.5. The third kappa shape index (κ3) is 7.63. The van der Waals surface area contributed by atoms with Gasteiger partial charge in [0.25, 0.3) is 0 Å². The fourth-order valence-electron chi connectivity index (χ4n) is 3.29. The van der Waals surface area contributed by atoms with Gasteiger partial charge < -0.3 is 15.0 Å². The predicted molar refractivity (Wildman–Crippen MR) is 135 cm³/mol. The molecule has 2 aromatic carbocycles. The monoisotopic (exact) mass is 509 g/mol. The van der Waals surface area contributed by atoms with E-state index in [4.69, 9.17) is 16.3 Å². The molecule has 0 saturated heterocycles. The minimum absolute atomic E-state index is 0.0477. The second-order valence-electron chi connectivity index (χ2n) is 8.15. The van der Waals surface area contributed by atoms with Crippen LogP contribution >= 0.6 is 11.6 Å². The second-order valence-corrected chi connectivity index (χ2v) is 10.5. The highest BCUT2D eigenvalue weighted by Crippen LogP contribution is 2.23. The lowest BCUT2D eigenvalue weighted by atomic mass is 10.1. The minimum atomic E-state index is -3.80. The summed E-state index contributed by atoms with van der Waals surface area (Å²) in [4.78, 5) is 27.5.